The second-order valence-electron chi connectivity index (χ2n) is 1.80. The van der Waals surface area contributed by atoms with Crippen LogP contribution < -0.4 is 0 Å². The molecule has 9 heavy (non-hydrogen) atoms. The molecule has 0 aliphatic rings. The second kappa shape index (κ2) is 4.28. The highest BCUT2D eigenvalue weighted by atomic mass is 35.6. The van der Waals surface area contributed by atoms with E-state index in [4.69, 9.17) is 46.4 Å². The highest BCUT2D eigenvalue weighted by molar-refractivity contribution is 7.25. The van der Waals surface area contributed by atoms with E-state index in [1.807, 2.05) is 7.74 Å². The Hall–Kier alpha value is 1.35. The van der Waals surface area contributed by atoms with Crippen molar-refractivity contribution in [2.45, 2.75) is 9.07 Å². The van der Waals surface area contributed by atoms with Crippen LogP contribution in [0.1, 0.15) is 0 Å². The van der Waals surface area contributed by atoms with Crippen LogP contribution in [0, 0.1) is 0 Å². The maximum Gasteiger partial charge on any atom is 0.198 e. The standard InChI is InChI=1S/C2H5B3Cl4/c3-5-4-1(6)2(7,8)9/h1,4-5H,3H2. The van der Waals surface area contributed by atoms with Gasteiger partial charge in [-0.2, -0.15) is 0 Å². The molecular weight excluding hydrogens is 198 g/mol. The summed E-state index contributed by atoms with van der Waals surface area (Å²) >= 11 is 22.0. The van der Waals surface area contributed by atoms with Crippen LogP contribution in [0.2, 0.25) is 0 Å². The predicted molar refractivity (Wildman–Crippen MR) is 52.8 cm³/mol. The van der Waals surface area contributed by atoms with Crippen LogP contribution in [0.5, 0.6) is 0 Å². The normalized spacial score (nSPS) is 14.7. The average Bonchev–Trinajstić information content (AvgIpc) is 1.64. The number of alkyl halides is 4. The Bertz CT molecular complexity index is 80.4. The zero-order valence-electron chi connectivity index (χ0n) is 5.00. The lowest BCUT2D eigenvalue weighted by Gasteiger charge is -2.15. The van der Waals surface area contributed by atoms with Crippen LogP contribution in [-0.4, -0.2) is 31.0 Å². The highest BCUT2D eigenvalue weighted by Crippen LogP contribution is 2.32. The van der Waals surface area contributed by atoms with Gasteiger partial charge in [-0.1, -0.05) is 34.8 Å². The van der Waals surface area contributed by atoms with Crippen LogP contribution in [0.3, 0.4) is 0 Å². The lowest BCUT2D eigenvalue weighted by atomic mass is 9.27. The molecule has 0 radical (unpaired) electrons. The second-order valence-corrected chi connectivity index (χ2v) is 4.69. The fourth-order valence-corrected chi connectivity index (χ4v) is 0.963. The van der Waals surface area contributed by atoms with Crippen molar-refractivity contribution in [3.05, 3.63) is 0 Å². The van der Waals surface area contributed by atoms with Crippen molar-refractivity contribution in [3.8, 4) is 0 Å². The average molecular weight is 203 g/mol. The van der Waals surface area contributed by atoms with E-state index in [0.717, 1.165) is 14.2 Å². The van der Waals surface area contributed by atoms with Crippen LogP contribution in [0.15, 0.2) is 0 Å². The van der Waals surface area contributed by atoms with Gasteiger partial charge in [0.2, 0.25) is 0 Å². The molecule has 0 aromatic heterocycles. The van der Waals surface area contributed by atoms with Gasteiger partial charge in [0.15, 0.2) is 3.79 Å². The van der Waals surface area contributed by atoms with Crippen molar-refractivity contribution in [1.82, 2.24) is 0 Å². The molecule has 0 spiro atoms. The fraction of sp³-hybridized carbons (Fsp3) is 1.00. The Morgan fingerprint density at radius 3 is 1.89 bits per heavy atom. The van der Waals surface area contributed by atoms with Gasteiger partial charge in [-0.3, -0.25) is 0 Å². The summed E-state index contributed by atoms with van der Waals surface area (Å²) < 4.78 is -1.31. The van der Waals surface area contributed by atoms with Crippen molar-refractivity contribution >= 4 is 68.4 Å². The first-order valence-corrected chi connectivity index (χ1v) is 4.26. The number of halogens is 4. The Labute approximate surface area is 77.4 Å². The Balaban J connectivity index is 3.59. The quantitative estimate of drug-likeness (QED) is 0.446. The smallest absolute Gasteiger partial charge is 0.129 e. The molecular formula is C2H5B3Cl4. The summed E-state index contributed by atoms with van der Waals surface area (Å²) in [6.07, 6.45) is 0. The van der Waals surface area contributed by atoms with Gasteiger partial charge in [-0.25, -0.2) is 0 Å². The van der Waals surface area contributed by atoms with E-state index in [9.17, 15) is 0 Å². The van der Waals surface area contributed by atoms with Crippen molar-refractivity contribution in [3.63, 3.8) is 0 Å². The number of hydrogen-bond donors (Lipinski definition) is 0. The van der Waals surface area contributed by atoms with Crippen molar-refractivity contribution in [2.75, 3.05) is 0 Å². The van der Waals surface area contributed by atoms with Crippen molar-refractivity contribution in [2.24, 2.45) is 0 Å². The van der Waals surface area contributed by atoms with E-state index in [1.54, 1.807) is 0 Å². The molecule has 0 rings (SSSR count). The largest absolute Gasteiger partial charge is 0.198 e. The van der Waals surface area contributed by atoms with E-state index in [-0.39, 0.29) is 5.28 Å². The maximum atomic E-state index is 5.66. The fourth-order valence-electron chi connectivity index (χ4n) is 0.417. The molecule has 0 aliphatic heterocycles. The van der Waals surface area contributed by atoms with Crippen molar-refractivity contribution in [1.29, 1.82) is 0 Å². The summed E-state index contributed by atoms with van der Waals surface area (Å²) in [6, 6.07) is 0. The first-order chi connectivity index (χ1) is 3.98. The number of rotatable bonds is 2. The summed E-state index contributed by atoms with van der Waals surface area (Å²) in [6.45, 7) is 0. The molecule has 0 amide bonds. The molecule has 50 valence electrons. The lowest BCUT2D eigenvalue weighted by Crippen LogP contribution is -2.29. The minimum Gasteiger partial charge on any atom is -0.129 e. The van der Waals surface area contributed by atoms with Gasteiger partial charge in [-0.05, 0) is 0 Å². The molecule has 0 aromatic carbocycles. The summed E-state index contributed by atoms with van der Waals surface area (Å²) in [4.78, 5) is 0. The third-order valence-corrected chi connectivity index (χ3v) is 2.57. The van der Waals surface area contributed by atoms with Crippen LogP contribution in [0.25, 0.3) is 0 Å². The SMILES string of the molecule is BBBC(Cl)C(Cl)(Cl)Cl. The molecule has 0 nitrogen and oxygen atoms in total. The van der Waals surface area contributed by atoms with Crippen LogP contribution >= 0.6 is 46.4 Å². The molecule has 0 saturated heterocycles. The molecule has 0 saturated carbocycles. The number of hydrogen-bond acceptors (Lipinski definition) is 0. The highest BCUT2D eigenvalue weighted by Gasteiger charge is 2.29. The summed E-state index contributed by atoms with van der Waals surface area (Å²) in [7, 11) is 3.66. The minimum atomic E-state index is -1.31. The van der Waals surface area contributed by atoms with Gasteiger partial charge < -0.3 is 0 Å². The molecule has 1 unspecified atom stereocenters. The molecule has 1 atom stereocenters. The molecule has 0 N–H and O–H groups in total. The molecule has 0 heterocycles. The third kappa shape index (κ3) is 4.72. The monoisotopic (exact) mass is 202 g/mol. The van der Waals surface area contributed by atoms with E-state index >= 15 is 0 Å². The van der Waals surface area contributed by atoms with Gasteiger partial charge >= 0.3 is 0 Å². The van der Waals surface area contributed by atoms with Crippen LogP contribution in [-0.2, 0) is 0 Å². The molecule has 0 aromatic rings. The summed E-state index contributed by atoms with van der Waals surface area (Å²) in [5, 5.41) is -0.368. The maximum absolute atomic E-state index is 5.66. The van der Waals surface area contributed by atoms with Crippen molar-refractivity contribution < 1.29 is 0 Å². The first kappa shape index (κ1) is 10.4. The van der Waals surface area contributed by atoms with E-state index in [0.29, 0.717) is 0 Å². The molecule has 0 fully saturated rings. The lowest BCUT2D eigenvalue weighted by molar-refractivity contribution is 1.18. The van der Waals surface area contributed by atoms with E-state index in [2.05, 4.69) is 0 Å². The molecule has 0 bridgehead atoms. The Morgan fingerprint density at radius 1 is 1.33 bits per heavy atom. The summed E-state index contributed by atoms with van der Waals surface area (Å²) in [5.74, 6) is 0. The topological polar surface area (TPSA) is 0 Å². The van der Waals surface area contributed by atoms with E-state index in [1.165, 1.54) is 0 Å². The van der Waals surface area contributed by atoms with E-state index < -0.39 is 3.79 Å². The third-order valence-electron chi connectivity index (χ3n) is 0.897. The zero-order valence-corrected chi connectivity index (χ0v) is 8.03. The van der Waals surface area contributed by atoms with Gasteiger partial charge in [0.05, 0.1) is 14.8 Å². The predicted octanol–water partition coefficient (Wildman–Crippen LogP) is 0.258. The molecule has 7 heteroatoms. The Kier molecular flexibility index (Phi) is 4.92. The van der Waals surface area contributed by atoms with Gasteiger partial charge in [0.1, 0.15) is 7.17 Å². The zero-order chi connectivity index (χ0) is 7.49. The summed E-state index contributed by atoms with van der Waals surface area (Å²) in [5.41, 5.74) is 0. The first-order valence-electron chi connectivity index (χ1n) is 2.69. The van der Waals surface area contributed by atoms with Gasteiger partial charge in [0.25, 0.3) is 0 Å². The van der Waals surface area contributed by atoms with Gasteiger partial charge in [0, 0.05) is 5.28 Å². The molecule has 0 aliphatic carbocycles. The Morgan fingerprint density at radius 2 is 1.78 bits per heavy atom. The minimum absolute atomic E-state index is 0.368. The van der Waals surface area contributed by atoms with Gasteiger partial charge in [-0.15, -0.1) is 11.6 Å². The van der Waals surface area contributed by atoms with Crippen LogP contribution in [0.4, 0.5) is 0 Å².